The third-order valence-electron chi connectivity index (χ3n) is 1.37. The van der Waals surface area contributed by atoms with E-state index in [1.807, 2.05) is 11.6 Å². The van der Waals surface area contributed by atoms with Gasteiger partial charge in [-0.1, -0.05) is 0 Å². The first-order chi connectivity index (χ1) is 5.40. The van der Waals surface area contributed by atoms with Crippen molar-refractivity contribution in [3.63, 3.8) is 0 Å². The summed E-state index contributed by atoms with van der Waals surface area (Å²) in [5, 5.41) is 0. The molecule has 3 nitrogen and oxygen atoms in total. The minimum Gasteiger partial charge on any atom is -0.532 e. The molecule has 1 aromatic rings. The Morgan fingerprint density at radius 1 is 1.50 bits per heavy atom. The molecule has 0 unspecified atom stereocenters. The predicted octanol–water partition coefficient (Wildman–Crippen LogP) is 2.30. The average molecular weight is 202 g/mol. The first-order valence-electron chi connectivity index (χ1n) is 3.83. The van der Waals surface area contributed by atoms with Gasteiger partial charge in [0.15, 0.2) is 10.7 Å². The normalized spacial score (nSPS) is 11.7. The molecule has 0 fully saturated rings. The molecular formula is C7H14N2OSSi. The molecule has 1 N–H and O–H groups in total. The van der Waals surface area contributed by atoms with Gasteiger partial charge in [0, 0.05) is 7.05 Å². The number of hydrogen-bond acceptors (Lipinski definition) is 2. The highest BCUT2D eigenvalue weighted by molar-refractivity contribution is 7.71. The van der Waals surface area contributed by atoms with Crippen molar-refractivity contribution in [2.75, 3.05) is 0 Å². The van der Waals surface area contributed by atoms with E-state index in [2.05, 4.69) is 24.6 Å². The highest BCUT2D eigenvalue weighted by Crippen LogP contribution is 2.14. The Labute approximate surface area is 78.5 Å². The summed E-state index contributed by atoms with van der Waals surface area (Å²) in [6.45, 7) is 6.43. The highest BCUT2D eigenvalue weighted by atomic mass is 32.1. The molecule has 0 bridgehead atoms. The number of aromatic nitrogens is 2. The van der Waals surface area contributed by atoms with E-state index in [9.17, 15) is 0 Å². The van der Waals surface area contributed by atoms with Gasteiger partial charge in [-0.3, -0.25) is 4.57 Å². The van der Waals surface area contributed by atoms with Crippen LogP contribution in [-0.2, 0) is 7.05 Å². The van der Waals surface area contributed by atoms with Crippen molar-refractivity contribution in [2.24, 2.45) is 7.05 Å². The molecule has 68 valence electrons. The fraction of sp³-hybridized carbons (Fsp3) is 0.571. The minimum atomic E-state index is -1.50. The van der Waals surface area contributed by atoms with Crippen molar-refractivity contribution in [3.05, 3.63) is 11.0 Å². The SMILES string of the molecule is Cn1c(O[Si](C)(C)C)c[nH]c1=S. The molecule has 0 aliphatic carbocycles. The number of nitrogens with one attached hydrogen (secondary N) is 1. The Balaban J connectivity index is 2.91. The van der Waals surface area contributed by atoms with Crippen molar-refractivity contribution in [1.82, 2.24) is 9.55 Å². The number of aromatic amines is 1. The zero-order chi connectivity index (χ0) is 9.35. The summed E-state index contributed by atoms with van der Waals surface area (Å²) in [6, 6.07) is 0. The van der Waals surface area contributed by atoms with Gasteiger partial charge >= 0.3 is 0 Å². The fourth-order valence-electron chi connectivity index (χ4n) is 0.829. The molecule has 1 rings (SSSR count). The molecule has 0 spiro atoms. The predicted molar refractivity (Wildman–Crippen MR) is 54.6 cm³/mol. The smallest absolute Gasteiger partial charge is 0.244 e. The van der Waals surface area contributed by atoms with E-state index in [1.54, 1.807) is 6.20 Å². The Bertz CT molecular complexity index is 323. The lowest BCUT2D eigenvalue weighted by molar-refractivity contribution is 0.507. The maximum Gasteiger partial charge on any atom is 0.244 e. The second kappa shape index (κ2) is 3.06. The van der Waals surface area contributed by atoms with Gasteiger partial charge in [-0.25, -0.2) is 0 Å². The van der Waals surface area contributed by atoms with Crippen molar-refractivity contribution >= 4 is 20.5 Å². The van der Waals surface area contributed by atoms with Crippen LogP contribution < -0.4 is 4.43 Å². The van der Waals surface area contributed by atoms with Gasteiger partial charge in [-0.15, -0.1) is 0 Å². The minimum absolute atomic E-state index is 0.697. The first-order valence-corrected chi connectivity index (χ1v) is 7.65. The van der Waals surface area contributed by atoms with Crippen LogP contribution >= 0.6 is 12.2 Å². The van der Waals surface area contributed by atoms with Crippen LogP contribution in [0.5, 0.6) is 5.88 Å². The lowest BCUT2D eigenvalue weighted by Gasteiger charge is -2.18. The third-order valence-corrected chi connectivity index (χ3v) is 2.58. The maximum atomic E-state index is 5.76. The van der Waals surface area contributed by atoms with Crippen LogP contribution in [0.2, 0.25) is 19.6 Å². The summed E-state index contributed by atoms with van der Waals surface area (Å²) in [5.74, 6) is 0.833. The van der Waals surface area contributed by atoms with Crippen LogP contribution in [0, 0.1) is 4.77 Å². The van der Waals surface area contributed by atoms with Crippen molar-refractivity contribution in [2.45, 2.75) is 19.6 Å². The van der Waals surface area contributed by atoms with Gasteiger partial charge in [-0.05, 0) is 31.9 Å². The summed E-state index contributed by atoms with van der Waals surface area (Å²) < 4.78 is 8.30. The van der Waals surface area contributed by atoms with E-state index in [0.29, 0.717) is 4.77 Å². The monoisotopic (exact) mass is 202 g/mol. The summed E-state index contributed by atoms with van der Waals surface area (Å²) in [6.07, 6.45) is 1.81. The van der Waals surface area contributed by atoms with Gasteiger partial charge in [0.1, 0.15) is 0 Å². The largest absolute Gasteiger partial charge is 0.532 e. The first kappa shape index (κ1) is 9.53. The van der Waals surface area contributed by atoms with Crippen molar-refractivity contribution < 1.29 is 4.43 Å². The van der Waals surface area contributed by atoms with Gasteiger partial charge < -0.3 is 9.41 Å². The average Bonchev–Trinajstić information content (AvgIpc) is 2.16. The summed E-state index contributed by atoms with van der Waals surface area (Å²) in [7, 11) is 0.394. The Morgan fingerprint density at radius 3 is 2.42 bits per heavy atom. The zero-order valence-electron chi connectivity index (χ0n) is 7.84. The van der Waals surface area contributed by atoms with Gasteiger partial charge in [0.25, 0.3) is 0 Å². The number of rotatable bonds is 2. The molecule has 12 heavy (non-hydrogen) atoms. The van der Waals surface area contributed by atoms with Crippen LogP contribution in [0.15, 0.2) is 6.20 Å². The second-order valence-electron chi connectivity index (χ2n) is 3.71. The van der Waals surface area contributed by atoms with Crippen LogP contribution in [0.1, 0.15) is 0 Å². The van der Waals surface area contributed by atoms with Crippen LogP contribution in [0.3, 0.4) is 0 Å². The number of imidazole rings is 1. The summed E-state index contributed by atoms with van der Waals surface area (Å²) >= 11 is 5.01. The summed E-state index contributed by atoms with van der Waals surface area (Å²) in [5.41, 5.74) is 0. The molecule has 0 atom stereocenters. The Hall–Kier alpha value is -0.553. The van der Waals surface area contributed by atoms with Crippen LogP contribution in [0.25, 0.3) is 0 Å². The van der Waals surface area contributed by atoms with E-state index in [-0.39, 0.29) is 0 Å². The molecule has 0 radical (unpaired) electrons. The molecule has 1 aromatic heterocycles. The van der Waals surface area contributed by atoms with E-state index >= 15 is 0 Å². The Kier molecular flexibility index (Phi) is 2.43. The van der Waals surface area contributed by atoms with Crippen LogP contribution in [-0.4, -0.2) is 17.9 Å². The van der Waals surface area contributed by atoms with Crippen molar-refractivity contribution in [1.29, 1.82) is 0 Å². The number of nitrogens with zero attached hydrogens (tertiary/aromatic N) is 1. The third kappa shape index (κ3) is 2.21. The molecule has 0 saturated carbocycles. The van der Waals surface area contributed by atoms with E-state index in [0.717, 1.165) is 5.88 Å². The highest BCUT2D eigenvalue weighted by Gasteiger charge is 2.17. The number of hydrogen-bond donors (Lipinski definition) is 1. The van der Waals surface area contributed by atoms with E-state index in [4.69, 9.17) is 16.6 Å². The molecule has 5 heteroatoms. The maximum absolute atomic E-state index is 5.76. The standard InChI is InChI=1S/C7H14N2OSSi/c1-9-6(5-8-7(9)11)10-12(2,3)4/h5H,1-4H3,(H,8,11). The topological polar surface area (TPSA) is 29.9 Å². The zero-order valence-corrected chi connectivity index (χ0v) is 9.66. The van der Waals surface area contributed by atoms with Gasteiger partial charge in [0.2, 0.25) is 8.32 Å². The molecular weight excluding hydrogens is 188 g/mol. The Morgan fingerprint density at radius 2 is 2.08 bits per heavy atom. The number of H-pyrrole nitrogens is 1. The second-order valence-corrected chi connectivity index (χ2v) is 8.52. The molecule has 1 heterocycles. The lowest BCUT2D eigenvalue weighted by atomic mass is 10.8. The molecule has 0 aliphatic heterocycles. The fourth-order valence-corrected chi connectivity index (χ4v) is 1.80. The molecule has 0 aliphatic rings. The van der Waals surface area contributed by atoms with Gasteiger partial charge in [-0.2, -0.15) is 0 Å². The molecule has 0 aromatic carbocycles. The quantitative estimate of drug-likeness (QED) is 0.589. The van der Waals surface area contributed by atoms with Crippen molar-refractivity contribution in [3.8, 4) is 5.88 Å². The molecule has 0 saturated heterocycles. The van der Waals surface area contributed by atoms with E-state index in [1.165, 1.54) is 0 Å². The van der Waals surface area contributed by atoms with Gasteiger partial charge in [0.05, 0.1) is 6.20 Å². The molecule has 0 amide bonds. The van der Waals surface area contributed by atoms with E-state index < -0.39 is 8.32 Å². The lowest BCUT2D eigenvalue weighted by Crippen LogP contribution is -2.30. The summed E-state index contributed by atoms with van der Waals surface area (Å²) in [4.78, 5) is 2.93. The van der Waals surface area contributed by atoms with Crippen LogP contribution in [0.4, 0.5) is 0 Å².